The molecule has 0 bridgehead atoms. The van der Waals surface area contributed by atoms with Gasteiger partial charge in [-0.25, -0.2) is 9.97 Å². The lowest BCUT2D eigenvalue weighted by Gasteiger charge is -2.39. The number of aliphatic hydroxyl groups is 1. The predicted octanol–water partition coefficient (Wildman–Crippen LogP) is 2.91. The second-order valence-corrected chi connectivity index (χ2v) is 9.08. The number of H-pyrrole nitrogens is 1. The minimum Gasteiger partial charge on any atom is -0.396 e. The minimum atomic E-state index is -0.988. The van der Waals surface area contributed by atoms with Crippen LogP contribution in [0.15, 0.2) is 41.3 Å². The standard InChI is InChI=1S/C21H24BrClN6O2/c22-15-11-25-18-17(15)19(27-12-26-18)29-8-6-21(24,7-9-29)20(31)28-16(5-10-30)13-1-3-14(23)4-2-13/h1-4,11-12,16,30H,5-10,24H2,(H,28,31)(H,25,26,27)/t16-/m0/s1. The van der Waals surface area contributed by atoms with Gasteiger partial charge in [0.05, 0.1) is 17.0 Å². The molecule has 31 heavy (non-hydrogen) atoms. The Bertz CT molecular complexity index is 1070. The molecule has 1 atom stereocenters. The molecule has 0 spiro atoms. The third-order valence-electron chi connectivity index (χ3n) is 5.80. The van der Waals surface area contributed by atoms with Crippen LogP contribution in [-0.4, -0.2) is 51.2 Å². The summed E-state index contributed by atoms with van der Waals surface area (Å²) in [5.41, 5.74) is 7.19. The quantitative estimate of drug-likeness (QED) is 0.407. The Labute approximate surface area is 193 Å². The maximum absolute atomic E-state index is 13.1. The number of rotatable bonds is 6. The van der Waals surface area contributed by atoms with Gasteiger partial charge in [-0.05, 0) is 52.9 Å². The number of carbonyl (C=O) groups is 1. The van der Waals surface area contributed by atoms with Crippen LogP contribution >= 0.6 is 27.5 Å². The van der Waals surface area contributed by atoms with Crippen molar-refractivity contribution >= 4 is 50.3 Å². The highest BCUT2D eigenvalue weighted by atomic mass is 79.9. The lowest BCUT2D eigenvalue weighted by Crippen LogP contribution is -2.60. The van der Waals surface area contributed by atoms with Gasteiger partial charge in [0.15, 0.2) is 0 Å². The van der Waals surface area contributed by atoms with Gasteiger partial charge in [-0.2, -0.15) is 0 Å². The number of anilines is 1. The highest BCUT2D eigenvalue weighted by molar-refractivity contribution is 9.10. The van der Waals surface area contributed by atoms with Crippen molar-refractivity contribution in [2.24, 2.45) is 5.73 Å². The summed E-state index contributed by atoms with van der Waals surface area (Å²) in [6.45, 7) is 1.15. The zero-order valence-electron chi connectivity index (χ0n) is 16.8. The first kappa shape index (κ1) is 22.0. The number of piperidine rings is 1. The van der Waals surface area contributed by atoms with Crippen LogP contribution in [-0.2, 0) is 4.79 Å². The molecule has 4 rings (SSSR count). The SMILES string of the molecule is NC1(C(=O)N[C@@H](CCO)c2ccc(Cl)cc2)CCN(c2ncnc3[nH]cc(Br)c23)CC1. The first-order valence-corrected chi connectivity index (χ1v) is 11.3. The van der Waals surface area contributed by atoms with Crippen molar-refractivity contribution in [3.63, 3.8) is 0 Å². The molecule has 1 saturated heterocycles. The van der Waals surface area contributed by atoms with Crippen molar-refractivity contribution in [2.45, 2.75) is 30.8 Å². The van der Waals surface area contributed by atoms with E-state index in [4.69, 9.17) is 17.3 Å². The van der Waals surface area contributed by atoms with Crippen molar-refractivity contribution in [3.05, 3.63) is 51.8 Å². The number of fused-ring (bicyclic) bond motifs is 1. The Balaban J connectivity index is 1.46. The van der Waals surface area contributed by atoms with Crippen LogP contribution in [0.4, 0.5) is 5.82 Å². The Kier molecular flexibility index (Phi) is 6.47. The van der Waals surface area contributed by atoms with Gasteiger partial charge in [0, 0.05) is 35.4 Å². The maximum atomic E-state index is 13.1. The first-order valence-electron chi connectivity index (χ1n) is 10.1. The minimum absolute atomic E-state index is 0.0474. The summed E-state index contributed by atoms with van der Waals surface area (Å²) in [7, 11) is 0. The van der Waals surface area contributed by atoms with E-state index in [1.54, 1.807) is 12.1 Å². The summed E-state index contributed by atoms with van der Waals surface area (Å²) in [5, 5.41) is 14.0. The number of aliphatic hydroxyl groups excluding tert-OH is 1. The number of amides is 1. The van der Waals surface area contributed by atoms with E-state index in [-0.39, 0.29) is 18.6 Å². The number of nitrogens with one attached hydrogen (secondary N) is 2. The Morgan fingerprint density at radius 3 is 2.71 bits per heavy atom. The summed E-state index contributed by atoms with van der Waals surface area (Å²) < 4.78 is 0.898. The normalized spacial score (nSPS) is 17.0. The summed E-state index contributed by atoms with van der Waals surface area (Å²) in [6.07, 6.45) is 4.74. The fourth-order valence-electron chi connectivity index (χ4n) is 3.94. The van der Waals surface area contributed by atoms with Crippen LogP contribution in [0, 0.1) is 0 Å². The zero-order chi connectivity index (χ0) is 22.0. The van der Waals surface area contributed by atoms with E-state index in [2.05, 4.69) is 41.1 Å². The number of aromatic nitrogens is 3. The molecule has 1 amide bonds. The fraction of sp³-hybridized carbons (Fsp3) is 0.381. The van der Waals surface area contributed by atoms with Gasteiger partial charge < -0.3 is 26.0 Å². The monoisotopic (exact) mass is 506 g/mol. The van der Waals surface area contributed by atoms with E-state index in [0.717, 1.165) is 26.9 Å². The molecule has 1 aliphatic rings. The van der Waals surface area contributed by atoms with Crippen molar-refractivity contribution < 1.29 is 9.90 Å². The molecule has 0 saturated carbocycles. The molecule has 1 aromatic carbocycles. The van der Waals surface area contributed by atoms with Gasteiger partial charge in [-0.3, -0.25) is 4.79 Å². The number of carbonyl (C=O) groups excluding carboxylic acids is 1. The largest absolute Gasteiger partial charge is 0.396 e. The van der Waals surface area contributed by atoms with E-state index in [0.29, 0.717) is 37.4 Å². The van der Waals surface area contributed by atoms with Gasteiger partial charge in [-0.1, -0.05) is 23.7 Å². The number of benzene rings is 1. The maximum Gasteiger partial charge on any atom is 0.240 e. The van der Waals surface area contributed by atoms with Gasteiger partial charge in [-0.15, -0.1) is 0 Å². The van der Waals surface area contributed by atoms with E-state index in [1.807, 2.05) is 18.3 Å². The smallest absolute Gasteiger partial charge is 0.240 e. The van der Waals surface area contributed by atoms with Gasteiger partial charge in [0.2, 0.25) is 5.91 Å². The predicted molar refractivity (Wildman–Crippen MR) is 124 cm³/mol. The topological polar surface area (TPSA) is 120 Å². The van der Waals surface area contributed by atoms with Crippen LogP contribution in [0.5, 0.6) is 0 Å². The highest BCUT2D eigenvalue weighted by Crippen LogP contribution is 2.33. The van der Waals surface area contributed by atoms with Crippen molar-refractivity contribution in [1.29, 1.82) is 0 Å². The molecule has 5 N–H and O–H groups in total. The summed E-state index contributed by atoms with van der Waals surface area (Å²) in [4.78, 5) is 27.1. The van der Waals surface area contributed by atoms with E-state index in [1.165, 1.54) is 6.33 Å². The van der Waals surface area contributed by atoms with Crippen LogP contribution in [0.3, 0.4) is 0 Å². The van der Waals surface area contributed by atoms with Crippen molar-refractivity contribution in [1.82, 2.24) is 20.3 Å². The number of hydrogen-bond acceptors (Lipinski definition) is 6. The van der Waals surface area contributed by atoms with Crippen LogP contribution in [0.2, 0.25) is 5.02 Å². The second kappa shape index (κ2) is 9.12. The molecule has 0 aliphatic carbocycles. The molecule has 3 aromatic rings. The summed E-state index contributed by atoms with van der Waals surface area (Å²) >= 11 is 9.51. The average Bonchev–Trinajstić information content (AvgIpc) is 3.16. The molecule has 1 fully saturated rings. The lowest BCUT2D eigenvalue weighted by molar-refractivity contribution is -0.128. The third kappa shape index (κ3) is 4.55. The van der Waals surface area contributed by atoms with Gasteiger partial charge in [0.25, 0.3) is 0 Å². The molecule has 0 unspecified atom stereocenters. The Hall–Kier alpha value is -2.20. The van der Waals surface area contributed by atoms with Gasteiger partial charge in [0.1, 0.15) is 17.8 Å². The molecule has 3 heterocycles. The third-order valence-corrected chi connectivity index (χ3v) is 6.68. The Morgan fingerprint density at radius 2 is 2.03 bits per heavy atom. The van der Waals surface area contributed by atoms with Gasteiger partial charge >= 0.3 is 0 Å². The first-order chi connectivity index (χ1) is 14.9. The van der Waals surface area contributed by atoms with Crippen molar-refractivity contribution in [3.8, 4) is 0 Å². The number of halogens is 2. The van der Waals surface area contributed by atoms with Crippen molar-refractivity contribution in [2.75, 3.05) is 24.6 Å². The molecule has 164 valence electrons. The average molecular weight is 508 g/mol. The van der Waals surface area contributed by atoms with Crippen LogP contribution in [0.1, 0.15) is 30.9 Å². The lowest BCUT2D eigenvalue weighted by atomic mass is 9.87. The molecule has 0 radical (unpaired) electrons. The highest BCUT2D eigenvalue weighted by Gasteiger charge is 2.39. The summed E-state index contributed by atoms with van der Waals surface area (Å²) in [5.74, 6) is 0.608. The number of nitrogens with two attached hydrogens (primary N) is 1. The van der Waals surface area contributed by atoms with Crippen LogP contribution in [0.25, 0.3) is 11.0 Å². The molecular weight excluding hydrogens is 484 g/mol. The molecule has 1 aliphatic heterocycles. The number of aromatic amines is 1. The number of hydrogen-bond donors (Lipinski definition) is 4. The zero-order valence-corrected chi connectivity index (χ0v) is 19.2. The van der Waals surface area contributed by atoms with E-state index >= 15 is 0 Å². The Morgan fingerprint density at radius 1 is 1.32 bits per heavy atom. The molecule has 10 heteroatoms. The summed E-state index contributed by atoms with van der Waals surface area (Å²) in [6, 6.07) is 6.91. The fourth-order valence-corrected chi connectivity index (χ4v) is 4.55. The second-order valence-electron chi connectivity index (χ2n) is 7.79. The molecule has 2 aromatic heterocycles. The number of nitrogens with zero attached hydrogens (tertiary/aromatic N) is 3. The molecule has 8 nitrogen and oxygen atoms in total. The van der Waals surface area contributed by atoms with E-state index < -0.39 is 5.54 Å². The van der Waals surface area contributed by atoms with Crippen LogP contribution < -0.4 is 16.0 Å². The molecular formula is C21H24BrClN6O2. The van der Waals surface area contributed by atoms with E-state index in [9.17, 15) is 9.90 Å².